The number of aliphatic imine (C=N–C) groups is 1. The van der Waals surface area contributed by atoms with Crippen molar-refractivity contribution in [1.82, 2.24) is 4.90 Å². The van der Waals surface area contributed by atoms with E-state index in [2.05, 4.69) is 41.1 Å². The number of rotatable bonds is 4. The summed E-state index contributed by atoms with van der Waals surface area (Å²) in [6.07, 6.45) is 10.8. The summed E-state index contributed by atoms with van der Waals surface area (Å²) in [7, 11) is 0. The summed E-state index contributed by atoms with van der Waals surface area (Å²) in [5, 5.41) is 0. The molecule has 1 aliphatic carbocycles. The van der Waals surface area contributed by atoms with E-state index in [1.165, 1.54) is 36.8 Å². The summed E-state index contributed by atoms with van der Waals surface area (Å²) in [4.78, 5) is 19.4. The van der Waals surface area contributed by atoms with Crippen LogP contribution in [0.1, 0.15) is 82.3 Å². The summed E-state index contributed by atoms with van der Waals surface area (Å²) in [6.45, 7) is 4.58. The number of hydrogen-bond acceptors (Lipinski definition) is 4. The lowest BCUT2D eigenvalue weighted by atomic mass is 9.76. The highest BCUT2D eigenvalue weighted by molar-refractivity contribution is 6.01. The average molecular weight is 411 g/mol. The second kappa shape index (κ2) is 7.99. The number of nitrogens with zero attached hydrogens (tertiary/aromatic N) is 2. The molecule has 0 atom stereocenters. The summed E-state index contributed by atoms with van der Waals surface area (Å²) >= 11 is 0. The molecule has 3 heterocycles. The average Bonchev–Trinajstić information content (AvgIpc) is 3.29. The molecular weight excluding hydrogens is 376 g/mol. The third-order valence-electron chi connectivity index (χ3n) is 7.86. The van der Waals surface area contributed by atoms with Gasteiger partial charge in [0, 0.05) is 13.1 Å². The van der Waals surface area contributed by atoms with Gasteiger partial charge in [-0.05, 0) is 55.6 Å². The Bertz CT molecular complexity index is 817. The molecule has 1 aromatic rings. The van der Waals surface area contributed by atoms with Crippen molar-refractivity contribution in [2.45, 2.75) is 88.9 Å². The van der Waals surface area contributed by atoms with Gasteiger partial charge in [0.2, 0.25) is 0 Å². The van der Waals surface area contributed by atoms with E-state index in [4.69, 9.17) is 9.47 Å². The minimum absolute atomic E-state index is 0.0488. The number of unbranched alkanes of at least 4 members (excludes halogenated alkanes) is 2. The molecule has 5 nitrogen and oxygen atoms in total. The minimum Gasteiger partial charge on any atom is -0.448 e. The maximum atomic E-state index is 12.8. The summed E-state index contributed by atoms with van der Waals surface area (Å²) in [5.74, 6) is 0.698. The van der Waals surface area contributed by atoms with Crippen molar-refractivity contribution < 1.29 is 14.3 Å². The number of benzene rings is 1. The molecule has 3 aliphatic heterocycles. The number of amidine groups is 1. The van der Waals surface area contributed by atoms with Crippen LogP contribution in [0.25, 0.3) is 0 Å². The lowest BCUT2D eigenvalue weighted by molar-refractivity contribution is -0.135. The molecule has 5 heteroatoms. The Kier molecular flexibility index (Phi) is 5.34. The van der Waals surface area contributed by atoms with Gasteiger partial charge in [0.1, 0.15) is 0 Å². The molecule has 1 amide bonds. The third-order valence-corrected chi connectivity index (χ3v) is 7.86. The Morgan fingerprint density at radius 2 is 1.83 bits per heavy atom. The highest BCUT2D eigenvalue weighted by atomic mass is 16.5. The van der Waals surface area contributed by atoms with Crippen LogP contribution in [0.2, 0.25) is 0 Å². The first-order chi connectivity index (χ1) is 14.6. The van der Waals surface area contributed by atoms with E-state index >= 15 is 0 Å². The second-order valence-corrected chi connectivity index (χ2v) is 9.66. The number of hydrogen-bond donors (Lipinski definition) is 0. The fourth-order valence-electron chi connectivity index (χ4n) is 5.85. The molecular formula is C25H34N2O3. The zero-order valence-electron chi connectivity index (χ0n) is 18.2. The van der Waals surface area contributed by atoms with Crippen LogP contribution < -0.4 is 0 Å². The lowest BCUT2D eigenvalue weighted by Crippen LogP contribution is -2.47. The van der Waals surface area contributed by atoms with E-state index in [9.17, 15) is 4.79 Å². The van der Waals surface area contributed by atoms with Gasteiger partial charge in [-0.15, -0.1) is 0 Å². The highest BCUT2D eigenvalue weighted by Crippen LogP contribution is 2.45. The van der Waals surface area contributed by atoms with Crippen LogP contribution >= 0.6 is 0 Å². The smallest absolute Gasteiger partial charge is 0.296 e. The molecule has 0 N–H and O–H groups in total. The molecule has 162 valence electrons. The van der Waals surface area contributed by atoms with Gasteiger partial charge < -0.3 is 14.4 Å². The van der Waals surface area contributed by atoms with Crippen molar-refractivity contribution in [3.8, 4) is 0 Å². The van der Waals surface area contributed by atoms with Crippen LogP contribution in [0.15, 0.2) is 29.3 Å². The quantitative estimate of drug-likeness (QED) is 0.661. The molecule has 5 rings (SSSR count). The van der Waals surface area contributed by atoms with Crippen LogP contribution in [0.3, 0.4) is 0 Å². The van der Waals surface area contributed by atoms with Crippen molar-refractivity contribution in [2.24, 2.45) is 10.9 Å². The van der Waals surface area contributed by atoms with Crippen LogP contribution in [0.4, 0.5) is 0 Å². The van der Waals surface area contributed by atoms with Crippen LogP contribution in [0.5, 0.6) is 0 Å². The standard InChI is InChI=1S/C25H34N2O3/c1-2-3-4-7-19-10-12-25(13-11-19)22(28)26-23(30-25)27-16-14-24(15-17-27)21-9-6-5-8-20(21)18-29-24/h5-6,8-9,19H,2-4,7,10-18H2,1H3. The molecule has 4 aliphatic rings. The van der Waals surface area contributed by atoms with E-state index in [0.29, 0.717) is 12.6 Å². The number of carbonyl (C=O) groups excluding carboxylic acids is 1. The van der Waals surface area contributed by atoms with Gasteiger partial charge in [0.15, 0.2) is 5.60 Å². The summed E-state index contributed by atoms with van der Waals surface area (Å²) < 4.78 is 12.6. The molecule has 1 saturated heterocycles. The Balaban J connectivity index is 1.18. The molecule has 30 heavy (non-hydrogen) atoms. The maximum Gasteiger partial charge on any atom is 0.296 e. The predicted octanol–water partition coefficient (Wildman–Crippen LogP) is 4.93. The molecule has 0 unspecified atom stereocenters. The number of amides is 1. The molecule has 1 saturated carbocycles. The first-order valence-electron chi connectivity index (χ1n) is 11.9. The molecule has 1 aromatic carbocycles. The van der Waals surface area contributed by atoms with E-state index in [0.717, 1.165) is 57.5 Å². The van der Waals surface area contributed by atoms with E-state index in [1.807, 2.05) is 0 Å². The normalized spacial score (nSPS) is 29.9. The first-order valence-corrected chi connectivity index (χ1v) is 11.9. The van der Waals surface area contributed by atoms with E-state index < -0.39 is 5.60 Å². The van der Waals surface area contributed by atoms with Crippen molar-refractivity contribution in [2.75, 3.05) is 13.1 Å². The number of piperidine rings is 1. The summed E-state index contributed by atoms with van der Waals surface area (Å²) in [6, 6.07) is 9.12. The van der Waals surface area contributed by atoms with Gasteiger partial charge in [-0.3, -0.25) is 4.79 Å². The minimum atomic E-state index is -0.678. The fourth-order valence-corrected chi connectivity index (χ4v) is 5.85. The molecule has 0 aromatic heterocycles. The Hall–Kier alpha value is -1.88. The van der Waals surface area contributed by atoms with Crippen LogP contribution in [-0.2, 0) is 26.5 Å². The van der Waals surface area contributed by atoms with Crippen LogP contribution in [0, 0.1) is 5.92 Å². The van der Waals surface area contributed by atoms with Gasteiger partial charge in [0.25, 0.3) is 11.9 Å². The number of carbonyl (C=O) groups is 1. The van der Waals surface area contributed by atoms with Gasteiger partial charge in [-0.1, -0.05) is 56.9 Å². The SMILES string of the molecule is CCCCCC1CCC2(CC1)OC(N1CCC3(CC1)OCc1ccccc13)=NC2=O. The van der Waals surface area contributed by atoms with Gasteiger partial charge in [-0.2, -0.15) is 4.99 Å². The number of ether oxygens (including phenoxy) is 2. The van der Waals surface area contributed by atoms with Crippen molar-refractivity contribution in [3.05, 3.63) is 35.4 Å². The van der Waals surface area contributed by atoms with Crippen molar-refractivity contribution in [1.29, 1.82) is 0 Å². The van der Waals surface area contributed by atoms with Gasteiger partial charge >= 0.3 is 0 Å². The maximum absolute atomic E-state index is 12.8. The predicted molar refractivity (Wildman–Crippen MR) is 116 cm³/mol. The molecule has 2 fully saturated rings. The Labute approximate surface area is 179 Å². The zero-order chi connectivity index (χ0) is 20.6. The van der Waals surface area contributed by atoms with E-state index in [-0.39, 0.29) is 11.5 Å². The second-order valence-electron chi connectivity index (χ2n) is 9.66. The monoisotopic (exact) mass is 410 g/mol. The van der Waals surface area contributed by atoms with Crippen molar-refractivity contribution >= 4 is 11.9 Å². The van der Waals surface area contributed by atoms with Crippen LogP contribution in [-0.4, -0.2) is 35.5 Å². The first kappa shape index (κ1) is 20.0. The topological polar surface area (TPSA) is 51.1 Å². The number of likely N-dealkylation sites (tertiary alicyclic amines) is 1. The summed E-state index contributed by atoms with van der Waals surface area (Å²) in [5.41, 5.74) is 1.80. The third kappa shape index (κ3) is 3.45. The van der Waals surface area contributed by atoms with E-state index in [1.54, 1.807) is 0 Å². The molecule has 2 spiro atoms. The Morgan fingerprint density at radius 1 is 1.07 bits per heavy atom. The van der Waals surface area contributed by atoms with Gasteiger partial charge in [0.05, 0.1) is 12.2 Å². The van der Waals surface area contributed by atoms with Crippen molar-refractivity contribution in [3.63, 3.8) is 0 Å². The molecule has 0 bridgehead atoms. The lowest BCUT2D eigenvalue weighted by Gasteiger charge is -2.40. The zero-order valence-corrected chi connectivity index (χ0v) is 18.2. The highest BCUT2D eigenvalue weighted by Gasteiger charge is 2.51. The Morgan fingerprint density at radius 3 is 2.60 bits per heavy atom. The van der Waals surface area contributed by atoms with Gasteiger partial charge in [-0.25, -0.2) is 0 Å². The fraction of sp³-hybridized carbons (Fsp3) is 0.680. The number of fused-ring (bicyclic) bond motifs is 2. The molecule has 0 radical (unpaired) electrons. The largest absolute Gasteiger partial charge is 0.448 e.